The lowest BCUT2D eigenvalue weighted by atomic mass is 9.95. The minimum atomic E-state index is -4.45. The highest BCUT2D eigenvalue weighted by Crippen LogP contribution is 2.42. The van der Waals surface area contributed by atoms with Crippen LogP contribution in [0.1, 0.15) is 23.5 Å². The molecular weight excluding hydrogens is 259 g/mol. The number of alkyl halides is 3. The molecule has 6 heteroatoms. The van der Waals surface area contributed by atoms with Gasteiger partial charge in [-0.1, -0.05) is 0 Å². The van der Waals surface area contributed by atoms with E-state index in [1.807, 2.05) is 0 Å². The predicted molar refractivity (Wildman–Crippen MR) is 64.8 cm³/mol. The SMILES string of the molecule is COc1cc(C(F)(F)F)c(OC)cc1[C@H]1CCNC1. The summed E-state index contributed by atoms with van der Waals surface area (Å²) in [6, 6.07) is 2.46. The Kier molecular flexibility index (Phi) is 3.89. The van der Waals surface area contributed by atoms with Gasteiger partial charge in [-0.25, -0.2) is 0 Å². The summed E-state index contributed by atoms with van der Waals surface area (Å²) < 4.78 is 48.7. The van der Waals surface area contributed by atoms with Crippen molar-refractivity contribution in [1.82, 2.24) is 5.32 Å². The zero-order valence-electron chi connectivity index (χ0n) is 10.8. The van der Waals surface area contributed by atoms with Crippen LogP contribution in [0.2, 0.25) is 0 Å². The zero-order chi connectivity index (χ0) is 14.0. The van der Waals surface area contributed by atoms with Crippen LogP contribution in [0, 0.1) is 0 Å². The fraction of sp³-hybridized carbons (Fsp3) is 0.538. The first-order valence-corrected chi connectivity index (χ1v) is 6.01. The average molecular weight is 275 g/mol. The van der Waals surface area contributed by atoms with Gasteiger partial charge >= 0.3 is 6.18 Å². The first-order chi connectivity index (χ1) is 8.97. The highest BCUT2D eigenvalue weighted by Gasteiger charge is 2.36. The Bertz CT molecular complexity index is 454. The van der Waals surface area contributed by atoms with Gasteiger partial charge in [0, 0.05) is 18.0 Å². The summed E-state index contributed by atoms with van der Waals surface area (Å²) in [5, 5.41) is 3.19. The van der Waals surface area contributed by atoms with Gasteiger partial charge < -0.3 is 14.8 Å². The minimum absolute atomic E-state index is 0.157. The van der Waals surface area contributed by atoms with E-state index in [1.54, 1.807) is 0 Å². The maximum atomic E-state index is 12.9. The Morgan fingerprint density at radius 2 is 1.84 bits per heavy atom. The van der Waals surface area contributed by atoms with Crippen LogP contribution < -0.4 is 14.8 Å². The first-order valence-electron chi connectivity index (χ1n) is 6.01. The van der Waals surface area contributed by atoms with Crippen LogP contribution in [0.25, 0.3) is 0 Å². The number of methoxy groups -OCH3 is 2. The number of nitrogens with one attached hydrogen (secondary N) is 1. The lowest BCUT2D eigenvalue weighted by molar-refractivity contribution is -0.138. The van der Waals surface area contributed by atoms with E-state index in [9.17, 15) is 13.2 Å². The molecule has 2 rings (SSSR count). The summed E-state index contributed by atoms with van der Waals surface area (Å²) in [5.41, 5.74) is -0.0427. The summed E-state index contributed by atoms with van der Waals surface area (Å²) in [6.45, 7) is 1.60. The monoisotopic (exact) mass is 275 g/mol. The van der Waals surface area contributed by atoms with Crippen LogP contribution >= 0.6 is 0 Å². The lowest BCUT2D eigenvalue weighted by Crippen LogP contribution is -2.12. The molecule has 19 heavy (non-hydrogen) atoms. The van der Waals surface area contributed by atoms with Crippen molar-refractivity contribution in [2.75, 3.05) is 27.3 Å². The number of benzene rings is 1. The minimum Gasteiger partial charge on any atom is -0.496 e. The Balaban J connectivity index is 2.50. The van der Waals surface area contributed by atoms with E-state index in [1.165, 1.54) is 20.3 Å². The van der Waals surface area contributed by atoms with Crippen LogP contribution in [0.3, 0.4) is 0 Å². The van der Waals surface area contributed by atoms with Gasteiger partial charge in [-0.05, 0) is 25.1 Å². The van der Waals surface area contributed by atoms with Gasteiger partial charge in [0.25, 0.3) is 0 Å². The molecule has 1 N–H and O–H groups in total. The molecule has 1 atom stereocenters. The molecular formula is C13H16F3NO2. The smallest absolute Gasteiger partial charge is 0.420 e. The molecule has 1 aliphatic heterocycles. The molecule has 106 valence electrons. The standard InChI is InChI=1S/C13H16F3NO2/c1-18-11-6-10(13(14,15)16)12(19-2)5-9(11)8-3-4-17-7-8/h5-6,8,17H,3-4,7H2,1-2H3/t8-/m0/s1. The fourth-order valence-electron chi connectivity index (χ4n) is 2.38. The largest absolute Gasteiger partial charge is 0.496 e. The summed E-state index contributed by atoms with van der Waals surface area (Å²) >= 11 is 0. The van der Waals surface area contributed by atoms with Crippen molar-refractivity contribution in [3.05, 3.63) is 23.3 Å². The summed E-state index contributed by atoms with van der Waals surface area (Å²) in [4.78, 5) is 0. The second-order valence-corrected chi connectivity index (χ2v) is 4.48. The third-order valence-corrected chi connectivity index (χ3v) is 3.36. The normalized spacial score (nSPS) is 19.5. The summed E-state index contributed by atoms with van der Waals surface area (Å²) in [7, 11) is 2.63. The first kappa shape index (κ1) is 14.0. The van der Waals surface area contributed by atoms with Crippen LogP contribution in [0.5, 0.6) is 11.5 Å². The topological polar surface area (TPSA) is 30.5 Å². The Morgan fingerprint density at radius 1 is 1.16 bits per heavy atom. The van der Waals surface area contributed by atoms with E-state index in [2.05, 4.69) is 5.32 Å². The van der Waals surface area contributed by atoms with Crippen molar-refractivity contribution in [2.24, 2.45) is 0 Å². The molecule has 0 bridgehead atoms. The number of hydrogen-bond acceptors (Lipinski definition) is 3. The van der Waals surface area contributed by atoms with E-state index < -0.39 is 11.7 Å². The Hall–Kier alpha value is -1.43. The van der Waals surface area contributed by atoms with Crippen molar-refractivity contribution >= 4 is 0 Å². The third kappa shape index (κ3) is 2.78. The molecule has 1 saturated heterocycles. The second-order valence-electron chi connectivity index (χ2n) is 4.48. The molecule has 0 amide bonds. The number of ether oxygens (including phenoxy) is 2. The summed E-state index contributed by atoms with van der Waals surface area (Å²) in [6.07, 6.45) is -3.57. The van der Waals surface area contributed by atoms with Crippen molar-refractivity contribution in [3.8, 4) is 11.5 Å². The average Bonchev–Trinajstić information content (AvgIpc) is 2.89. The zero-order valence-corrected chi connectivity index (χ0v) is 10.8. The molecule has 3 nitrogen and oxygen atoms in total. The molecule has 0 saturated carbocycles. The molecule has 0 aliphatic carbocycles. The van der Waals surface area contributed by atoms with Gasteiger partial charge in [0.05, 0.1) is 14.2 Å². The molecule has 1 heterocycles. The highest BCUT2D eigenvalue weighted by atomic mass is 19.4. The van der Waals surface area contributed by atoms with Crippen molar-refractivity contribution in [1.29, 1.82) is 0 Å². The van der Waals surface area contributed by atoms with Crippen LogP contribution in [0.15, 0.2) is 12.1 Å². The summed E-state index contributed by atoms with van der Waals surface area (Å²) in [5.74, 6) is 0.267. The van der Waals surface area contributed by atoms with Gasteiger partial charge in [-0.3, -0.25) is 0 Å². The molecule has 0 aromatic heterocycles. The molecule has 1 aliphatic rings. The van der Waals surface area contributed by atoms with E-state index in [0.717, 1.165) is 31.1 Å². The molecule has 0 radical (unpaired) electrons. The third-order valence-electron chi connectivity index (χ3n) is 3.36. The highest BCUT2D eigenvalue weighted by molar-refractivity contribution is 5.49. The molecule has 1 fully saturated rings. The maximum Gasteiger partial charge on any atom is 0.420 e. The molecule has 0 spiro atoms. The van der Waals surface area contributed by atoms with Crippen molar-refractivity contribution in [3.63, 3.8) is 0 Å². The number of hydrogen-bond donors (Lipinski definition) is 1. The fourth-order valence-corrected chi connectivity index (χ4v) is 2.38. The van der Waals surface area contributed by atoms with Crippen molar-refractivity contribution < 1.29 is 22.6 Å². The predicted octanol–water partition coefficient (Wildman–Crippen LogP) is 2.80. The Labute approximate surface area is 109 Å². The van der Waals surface area contributed by atoms with Crippen LogP contribution in [-0.2, 0) is 6.18 Å². The van der Waals surface area contributed by atoms with Crippen molar-refractivity contribution in [2.45, 2.75) is 18.5 Å². The molecule has 1 aromatic rings. The molecule has 0 unspecified atom stereocenters. The van der Waals surface area contributed by atoms with E-state index in [0.29, 0.717) is 0 Å². The number of halogens is 3. The Morgan fingerprint density at radius 3 is 2.32 bits per heavy atom. The lowest BCUT2D eigenvalue weighted by Gasteiger charge is -2.19. The van der Waals surface area contributed by atoms with Gasteiger partial charge in [0.2, 0.25) is 0 Å². The molecule has 1 aromatic carbocycles. The number of rotatable bonds is 3. The van der Waals surface area contributed by atoms with Gasteiger partial charge in [-0.2, -0.15) is 13.2 Å². The van der Waals surface area contributed by atoms with E-state index in [4.69, 9.17) is 9.47 Å². The maximum absolute atomic E-state index is 12.9. The van der Waals surface area contributed by atoms with E-state index >= 15 is 0 Å². The quantitative estimate of drug-likeness (QED) is 0.920. The van der Waals surface area contributed by atoms with Gasteiger partial charge in [0.1, 0.15) is 17.1 Å². The van der Waals surface area contributed by atoms with Crippen LogP contribution in [0.4, 0.5) is 13.2 Å². The van der Waals surface area contributed by atoms with Crippen LogP contribution in [-0.4, -0.2) is 27.3 Å². The second kappa shape index (κ2) is 5.28. The van der Waals surface area contributed by atoms with Gasteiger partial charge in [-0.15, -0.1) is 0 Å². The van der Waals surface area contributed by atoms with Gasteiger partial charge in [0.15, 0.2) is 0 Å². The van der Waals surface area contributed by atoms with E-state index in [-0.39, 0.29) is 17.4 Å².